The summed E-state index contributed by atoms with van der Waals surface area (Å²) in [5.74, 6) is 0.548. The van der Waals surface area contributed by atoms with Crippen LogP contribution in [0.2, 0.25) is 0 Å². The van der Waals surface area contributed by atoms with E-state index in [2.05, 4.69) is 20.9 Å². The highest BCUT2D eigenvalue weighted by molar-refractivity contribution is 9.10. The normalized spacial score (nSPS) is 12.2. The third-order valence-electron chi connectivity index (χ3n) is 2.64. The number of rotatable bonds is 5. The lowest BCUT2D eigenvalue weighted by atomic mass is 10.2. The van der Waals surface area contributed by atoms with E-state index in [1.807, 2.05) is 0 Å². The van der Waals surface area contributed by atoms with Crippen molar-refractivity contribution in [3.8, 4) is 5.88 Å². The van der Waals surface area contributed by atoms with Crippen LogP contribution in [-0.4, -0.2) is 23.0 Å². The van der Waals surface area contributed by atoms with Gasteiger partial charge in [-0.3, -0.25) is 0 Å². The van der Waals surface area contributed by atoms with Crippen molar-refractivity contribution in [2.45, 2.75) is 11.0 Å². The molecule has 2 aromatic rings. The van der Waals surface area contributed by atoms with Crippen molar-refractivity contribution in [2.24, 2.45) is 0 Å². The van der Waals surface area contributed by atoms with Gasteiger partial charge in [-0.15, -0.1) is 11.8 Å². The predicted octanol–water partition coefficient (Wildman–Crippen LogP) is 3.82. The molecule has 0 spiro atoms. The Bertz CT molecular complexity index is 580. The predicted molar refractivity (Wildman–Crippen MR) is 80.6 cm³/mol. The fourth-order valence-electron chi connectivity index (χ4n) is 1.56. The lowest BCUT2D eigenvalue weighted by Gasteiger charge is -2.11. The Hall–Kier alpha value is -1.11. The van der Waals surface area contributed by atoms with E-state index in [9.17, 15) is 9.50 Å². The number of thioether (sulfide) groups is 1. The summed E-state index contributed by atoms with van der Waals surface area (Å²) < 4.78 is 19.3. The minimum atomic E-state index is -0.711. The van der Waals surface area contributed by atoms with Crippen LogP contribution in [0.1, 0.15) is 11.7 Å². The van der Waals surface area contributed by atoms with E-state index >= 15 is 0 Å². The van der Waals surface area contributed by atoms with Gasteiger partial charge in [0.05, 0.1) is 13.2 Å². The van der Waals surface area contributed by atoms with Gasteiger partial charge in [0.25, 0.3) is 0 Å². The van der Waals surface area contributed by atoms with Crippen molar-refractivity contribution < 1.29 is 14.2 Å². The number of ether oxygens (including phenoxy) is 1. The minimum absolute atomic E-state index is 0.293. The number of benzene rings is 1. The largest absolute Gasteiger partial charge is 0.481 e. The molecule has 0 saturated heterocycles. The summed E-state index contributed by atoms with van der Waals surface area (Å²) in [6.07, 6.45) is 0.846. The monoisotopic (exact) mass is 357 g/mol. The molecule has 0 saturated carbocycles. The minimum Gasteiger partial charge on any atom is -0.481 e. The third kappa shape index (κ3) is 3.94. The van der Waals surface area contributed by atoms with E-state index in [0.717, 1.165) is 4.47 Å². The lowest BCUT2D eigenvalue weighted by molar-refractivity contribution is 0.203. The van der Waals surface area contributed by atoms with E-state index in [-0.39, 0.29) is 5.82 Å². The average Bonchev–Trinajstić information content (AvgIpc) is 2.48. The van der Waals surface area contributed by atoms with E-state index < -0.39 is 6.10 Å². The molecule has 3 nitrogen and oxygen atoms in total. The lowest BCUT2D eigenvalue weighted by Crippen LogP contribution is -2.02. The number of aliphatic hydroxyl groups is 1. The van der Waals surface area contributed by atoms with E-state index in [1.54, 1.807) is 30.5 Å². The van der Waals surface area contributed by atoms with Crippen LogP contribution in [0.3, 0.4) is 0 Å². The number of methoxy groups -OCH3 is 1. The third-order valence-corrected chi connectivity index (χ3v) is 4.24. The Morgan fingerprint density at radius 3 is 2.85 bits per heavy atom. The van der Waals surface area contributed by atoms with Crippen LogP contribution in [0.15, 0.2) is 45.9 Å². The summed E-state index contributed by atoms with van der Waals surface area (Å²) >= 11 is 4.56. The zero-order valence-electron chi connectivity index (χ0n) is 10.7. The first-order valence-electron chi connectivity index (χ1n) is 5.86. The number of aliphatic hydroxyl groups excluding tert-OH is 1. The molecular weight excluding hydrogens is 345 g/mol. The molecule has 106 valence electrons. The Kier molecular flexibility index (Phi) is 5.39. The van der Waals surface area contributed by atoms with Gasteiger partial charge < -0.3 is 9.84 Å². The molecule has 1 aromatic heterocycles. The first-order chi connectivity index (χ1) is 9.60. The Balaban J connectivity index is 2.00. The second-order valence-corrected chi connectivity index (χ2v) is 6.01. The number of hydrogen-bond donors (Lipinski definition) is 1. The number of pyridine rings is 1. The maximum atomic E-state index is 13.6. The summed E-state index contributed by atoms with van der Waals surface area (Å²) in [4.78, 5) is 4.53. The molecule has 1 aromatic carbocycles. The fraction of sp³-hybridized carbons (Fsp3) is 0.214. The maximum absolute atomic E-state index is 13.6. The van der Waals surface area contributed by atoms with Gasteiger partial charge in [0, 0.05) is 27.4 Å². The Morgan fingerprint density at radius 2 is 2.20 bits per heavy atom. The summed E-state index contributed by atoms with van der Waals surface area (Å²) in [5, 5.41) is 10.1. The van der Waals surface area contributed by atoms with Crippen LogP contribution in [0, 0.1) is 5.82 Å². The van der Waals surface area contributed by atoms with Gasteiger partial charge in [-0.05, 0) is 29.8 Å². The molecule has 1 heterocycles. The molecule has 0 aliphatic rings. The van der Waals surface area contributed by atoms with Gasteiger partial charge in [0.1, 0.15) is 5.82 Å². The Morgan fingerprint density at radius 1 is 1.40 bits per heavy atom. The average molecular weight is 358 g/mol. The van der Waals surface area contributed by atoms with Crippen LogP contribution in [0.5, 0.6) is 5.88 Å². The van der Waals surface area contributed by atoms with Gasteiger partial charge in [-0.2, -0.15) is 0 Å². The smallest absolute Gasteiger partial charge is 0.212 e. The summed E-state index contributed by atoms with van der Waals surface area (Å²) in [6.45, 7) is 0. The molecule has 0 amide bonds. The van der Waals surface area contributed by atoms with Gasteiger partial charge in [0.15, 0.2) is 0 Å². The summed E-state index contributed by atoms with van der Waals surface area (Å²) in [5.41, 5.74) is 0.675. The number of nitrogens with zero attached hydrogens (tertiary/aromatic N) is 1. The van der Waals surface area contributed by atoms with Crippen LogP contribution < -0.4 is 4.74 Å². The zero-order valence-corrected chi connectivity index (χ0v) is 13.1. The van der Waals surface area contributed by atoms with Crippen molar-refractivity contribution in [3.63, 3.8) is 0 Å². The molecule has 1 N–H and O–H groups in total. The zero-order chi connectivity index (χ0) is 14.5. The van der Waals surface area contributed by atoms with Crippen LogP contribution >= 0.6 is 27.7 Å². The molecule has 0 aliphatic heterocycles. The van der Waals surface area contributed by atoms with Crippen molar-refractivity contribution in [2.75, 3.05) is 12.9 Å². The van der Waals surface area contributed by atoms with Crippen LogP contribution in [-0.2, 0) is 0 Å². The molecule has 0 radical (unpaired) electrons. The number of hydrogen-bond acceptors (Lipinski definition) is 4. The van der Waals surface area contributed by atoms with Gasteiger partial charge in [-0.1, -0.05) is 15.9 Å². The van der Waals surface area contributed by atoms with Crippen molar-refractivity contribution >= 4 is 27.7 Å². The van der Waals surface area contributed by atoms with Crippen LogP contribution in [0.4, 0.5) is 4.39 Å². The quantitative estimate of drug-likeness (QED) is 0.826. The van der Waals surface area contributed by atoms with E-state index in [4.69, 9.17) is 4.74 Å². The molecule has 20 heavy (non-hydrogen) atoms. The second kappa shape index (κ2) is 7.06. The highest BCUT2D eigenvalue weighted by Crippen LogP contribution is 2.29. The van der Waals surface area contributed by atoms with Crippen molar-refractivity contribution in [1.82, 2.24) is 4.98 Å². The number of aromatic nitrogens is 1. The molecule has 0 fully saturated rings. The van der Waals surface area contributed by atoms with E-state index in [1.165, 1.54) is 24.9 Å². The van der Waals surface area contributed by atoms with E-state index in [0.29, 0.717) is 22.1 Å². The molecule has 1 atom stereocenters. The molecule has 0 bridgehead atoms. The Labute approximate surface area is 129 Å². The van der Waals surface area contributed by atoms with Gasteiger partial charge >= 0.3 is 0 Å². The molecule has 0 aliphatic carbocycles. The first kappa shape index (κ1) is 15.3. The summed E-state index contributed by atoms with van der Waals surface area (Å²) in [7, 11) is 1.53. The van der Waals surface area contributed by atoms with Crippen molar-refractivity contribution in [1.29, 1.82) is 0 Å². The first-order valence-corrected chi connectivity index (χ1v) is 7.64. The second-order valence-electron chi connectivity index (χ2n) is 4.04. The van der Waals surface area contributed by atoms with Gasteiger partial charge in [-0.25, -0.2) is 9.37 Å². The molecule has 1 unspecified atom stereocenters. The van der Waals surface area contributed by atoms with Crippen LogP contribution in [0.25, 0.3) is 0 Å². The highest BCUT2D eigenvalue weighted by atomic mass is 79.9. The summed E-state index contributed by atoms with van der Waals surface area (Å²) in [6, 6.07) is 8.16. The SMILES string of the molecule is COc1ccc(C(O)CSc2cc(Br)ccc2F)cn1. The van der Waals surface area contributed by atoms with Gasteiger partial charge in [0.2, 0.25) is 5.88 Å². The topological polar surface area (TPSA) is 42.4 Å². The molecule has 6 heteroatoms. The molecular formula is C14H13BrFNO2S. The highest BCUT2D eigenvalue weighted by Gasteiger charge is 2.11. The molecule has 2 rings (SSSR count). The standard InChI is InChI=1S/C14H13BrFNO2S/c1-19-14-5-2-9(7-17-14)12(18)8-20-13-6-10(15)3-4-11(13)16/h2-7,12,18H,8H2,1H3. The maximum Gasteiger partial charge on any atom is 0.212 e. The van der Waals surface area contributed by atoms with Crippen molar-refractivity contribution in [3.05, 3.63) is 52.4 Å². The number of halogens is 2. The fourth-order valence-corrected chi connectivity index (χ4v) is 3.02.